The van der Waals surface area contributed by atoms with Crippen molar-refractivity contribution in [3.05, 3.63) is 106 Å². The van der Waals surface area contributed by atoms with Crippen molar-refractivity contribution in [1.29, 1.82) is 0 Å². The Balaban J connectivity index is 1.45. The molecular formula is C31H29IN2O5. The van der Waals surface area contributed by atoms with Crippen molar-refractivity contribution in [3.63, 3.8) is 0 Å². The Hall–Kier alpha value is -4.05. The Morgan fingerprint density at radius 3 is 2.59 bits per heavy atom. The summed E-state index contributed by atoms with van der Waals surface area (Å²) in [5, 5.41) is 6.45. The lowest BCUT2D eigenvalue weighted by atomic mass is 10.1. The lowest BCUT2D eigenvalue weighted by Gasteiger charge is -2.14. The van der Waals surface area contributed by atoms with E-state index in [-0.39, 0.29) is 5.91 Å². The van der Waals surface area contributed by atoms with E-state index >= 15 is 0 Å². The quantitative estimate of drug-likeness (QED) is 0.0805. The molecule has 0 radical (unpaired) electrons. The molecule has 0 aliphatic heterocycles. The number of hydrogen-bond donors (Lipinski definition) is 1. The third-order valence-corrected chi connectivity index (χ3v) is 6.55. The van der Waals surface area contributed by atoms with Crippen LogP contribution in [0, 0.1) is 3.57 Å². The molecule has 4 rings (SSSR count). The molecule has 1 amide bonds. The molecule has 8 heteroatoms. The molecule has 1 N–H and O–H groups in total. The van der Waals surface area contributed by atoms with E-state index in [1.807, 2.05) is 37.3 Å². The minimum absolute atomic E-state index is 0.338. The number of rotatable bonds is 12. The molecule has 39 heavy (non-hydrogen) atoms. The molecule has 0 unspecified atom stereocenters. The van der Waals surface area contributed by atoms with Crippen LogP contribution in [0.2, 0.25) is 0 Å². The second-order valence-corrected chi connectivity index (χ2v) is 9.52. The molecule has 0 aliphatic carbocycles. The largest absolute Gasteiger partial charge is 0.493 e. The molecule has 0 atom stereocenters. The number of carbonyl (C=O) groups excluding carboxylic acids is 1. The standard InChI is InChI=1S/C31H29IN2O5/c1-4-15-38-27-14-13-23(18-28(27)37-5-2)31(35)34-33-19-21-16-26(32)30(29(17-21)36-3)39-20-24-11-8-10-22-9-6-7-12-25(22)24/h4,6-14,16-19H,1,5,15,20H2,2-3H3,(H,34,35)/b33-19+. The first-order valence-electron chi connectivity index (χ1n) is 12.3. The molecule has 200 valence electrons. The number of hydrogen-bond acceptors (Lipinski definition) is 6. The molecule has 0 aliphatic rings. The average Bonchev–Trinajstić information content (AvgIpc) is 2.95. The summed E-state index contributed by atoms with van der Waals surface area (Å²) in [6.45, 7) is 6.69. The molecule has 0 aromatic heterocycles. The van der Waals surface area contributed by atoms with Crippen molar-refractivity contribution in [2.24, 2.45) is 5.10 Å². The van der Waals surface area contributed by atoms with Gasteiger partial charge in [0.15, 0.2) is 23.0 Å². The summed E-state index contributed by atoms with van der Waals surface area (Å²) >= 11 is 2.21. The molecule has 0 bridgehead atoms. The molecule has 7 nitrogen and oxygen atoms in total. The van der Waals surface area contributed by atoms with Gasteiger partial charge in [0.2, 0.25) is 0 Å². The van der Waals surface area contributed by atoms with Gasteiger partial charge in [-0.2, -0.15) is 5.10 Å². The van der Waals surface area contributed by atoms with Gasteiger partial charge in [0.25, 0.3) is 5.91 Å². The first kappa shape index (κ1) is 28.0. The molecule has 0 fully saturated rings. The van der Waals surface area contributed by atoms with E-state index < -0.39 is 0 Å². The van der Waals surface area contributed by atoms with Gasteiger partial charge in [-0.15, -0.1) is 0 Å². The molecular weight excluding hydrogens is 607 g/mol. The highest BCUT2D eigenvalue weighted by molar-refractivity contribution is 14.1. The number of nitrogens with one attached hydrogen (secondary N) is 1. The first-order chi connectivity index (χ1) is 19.0. The number of amides is 1. The number of nitrogens with zero attached hydrogens (tertiary/aromatic N) is 1. The number of methoxy groups -OCH3 is 1. The number of ether oxygens (including phenoxy) is 4. The van der Waals surface area contributed by atoms with E-state index in [0.717, 1.165) is 20.1 Å². The van der Waals surface area contributed by atoms with Crippen molar-refractivity contribution >= 4 is 45.5 Å². The van der Waals surface area contributed by atoms with Gasteiger partial charge in [0, 0.05) is 5.56 Å². The maximum atomic E-state index is 12.7. The molecule has 0 saturated heterocycles. The maximum Gasteiger partial charge on any atom is 0.271 e. The zero-order chi connectivity index (χ0) is 27.6. The zero-order valence-electron chi connectivity index (χ0n) is 21.8. The third-order valence-electron chi connectivity index (χ3n) is 5.75. The number of fused-ring (bicyclic) bond motifs is 1. The van der Waals surface area contributed by atoms with E-state index in [2.05, 4.69) is 64.0 Å². The lowest BCUT2D eigenvalue weighted by Crippen LogP contribution is -2.17. The van der Waals surface area contributed by atoms with Crippen LogP contribution in [0.4, 0.5) is 0 Å². The Bertz CT molecular complexity index is 1500. The summed E-state index contributed by atoms with van der Waals surface area (Å²) in [6.07, 6.45) is 3.20. The predicted molar refractivity (Wildman–Crippen MR) is 162 cm³/mol. The number of benzene rings is 4. The predicted octanol–water partition coefficient (Wildman–Crippen LogP) is 6.76. The highest BCUT2D eigenvalue weighted by Crippen LogP contribution is 2.35. The SMILES string of the molecule is C=CCOc1ccc(C(=O)N/N=C/c2cc(I)c(OCc3cccc4ccccc34)c(OC)c2)cc1OCC. The first-order valence-corrected chi connectivity index (χ1v) is 13.4. The van der Waals surface area contributed by atoms with Crippen molar-refractivity contribution in [2.45, 2.75) is 13.5 Å². The monoisotopic (exact) mass is 636 g/mol. The van der Waals surface area contributed by atoms with Crippen LogP contribution < -0.4 is 24.4 Å². The van der Waals surface area contributed by atoms with Gasteiger partial charge in [-0.25, -0.2) is 5.43 Å². The van der Waals surface area contributed by atoms with Crippen LogP contribution in [0.1, 0.15) is 28.4 Å². The van der Waals surface area contributed by atoms with Gasteiger partial charge >= 0.3 is 0 Å². The van der Waals surface area contributed by atoms with Crippen LogP contribution >= 0.6 is 22.6 Å². The Labute approximate surface area is 241 Å². The lowest BCUT2D eigenvalue weighted by molar-refractivity contribution is 0.0954. The second kappa shape index (κ2) is 13.7. The number of carbonyl (C=O) groups is 1. The molecule has 4 aromatic rings. The minimum atomic E-state index is -0.376. The van der Waals surface area contributed by atoms with Crippen molar-refractivity contribution < 1.29 is 23.7 Å². The maximum absolute atomic E-state index is 12.7. The highest BCUT2D eigenvalue weighted by Gasteiger charge is 2.14. The van der Waals surface area contributed by atoms with Crippen LogP contribution in [0.15, 0.2) is 90.6 Å². The number of hydrazone groups is 1. The second-order valence-electron chi connectivity index (χ2n) is 8.35. The third kappa shape index (κ3) is 7.08. The van der Waals surface area contributed by atoms with Crippen LogP contribution in [-0.2, 0) is 6.61 Å². The summed E-state index contributed by atoms with van der Waals surface area (Å²) in [6, 6.07) is 23.1. The van der Waals surface area contributed by atoms with Gasteiger partial charge in [-0.1, -0.05) is 55.1 Å². The fourth-order valence-electron chi connectivity index (χ4n) is 3.94. The highest BCUT2D eigenvalue weighted by atomic mass is 127. The zero-order valence-corrected chi connectivity index (χ0v) is 23.9. The van der Waals surface area contributed by atoms with E-state index in [1.165, 1.54) is 5.39 Å². The summed E-state index contributed by atoms with van der Waals surface area (Å²) in [7, 11) is 1.59. The molecule has 0 heterocycles. The van der Waals surface area contributed by atoms with E-state index in [1.54, 1.807) is 37.6 Å². The van der Waals surface area contributed by atoms with E-state index in [4.69, 9.17) is 18.9 Å². The summed E-state index contributed by atoms with van der Waals surface area (Å²) in [4.78, 5) is 12.7. The Morgan fingerprint density at radius 2 is 1.79 bits per heavy atom. The number of halogens is 1. The van der Waals surface area contributed by atoms with Crippen molar-refractivity contribution in [2.75, 3.05) is 20.3 Å². The minimum Gasteiger partial charge on any atom is -0.493 e. The van der Waals surface area contributed by atoms with Crippen molar-refractivity contribution in [1.82, 2.24) is 5.43 Å². The molecule has 0 spiro atoms. The molecule has 4 aromatic carbocycles. The fourth-order valence-corrected chi connectivity index (χ4v) is 4.72. The van der Waals surface area contributed by atoms with Gasteiger partial charge in [0.1, 0.15) is 13.2 Å². The summed E-state index contributed by atoms with van der Waals surface area (Å²) in [5.74, 6) is 1.87. The van der Waals surface area contributed by atoms with Crippen LogP contribution in [-0.4, -0.2) is 32.4 Å². The fraction of sp³-hybridized carbons (Fsp3) is 0.161. The summed E-state index contributed by atoms with van der Waals surface area (Å²) in [5.41, 5.74) is 4.79. The molecule has 0 saturated carbocycles. The van der Waals surface area contributed by atoms with Gasteiger partial charge in [-0.3, -0.25) is 4.79 Å². The smallest absolute Gasteiger partial charge is 0.271 e. The van der Waals surface area contributed by atoms with Crippen LogP contribution in [0.5, 0.6) is 23.0 Å². The van der Waals surface area contributed by atoms with Gasteiger partial charge < -0.3 is 18.9 Å². The van der Waals surface area contributed by atoms with Crippen LogP contribution in [0.3, 0.4) is 0 Å². The topological polar surface area (TPSA) is 78.4 Å². The van der Waals surface area contributed by atoms with E-state index in [0.29, 0.717) is 48.4 Å². The van der Waals surface area contributed by atoms with Crippen LogP contribution in [0.25, 0.3) is 10.8 Å². The van der Waals surface area contributed by atoms with Gasteiger partial charge in [-0.05, 0) is 81.7 Å². The average molecular weight is 636 g/mol. The Morgan fingerprint density at radius 1 is 0.974 bits per heavy atom. The van der Waals surface area contributed by atoms with Gasteiger partial charge in [0.05, 0.1) is 23.5 Å². The summed E-state index contributed by atoms with van der Waals surface area (Å²) < 4.78 is 23.9. The Kier molecular flexibility index (Phi) is 9.80. The van der Waals surface area contributed by atoms with Crippen molar-refractivity contribution in [3.8, 4) is 23.0 Å². The normalized spacial score (nSPS) is 10.8. The van der Waals surface area contributed by atoms with E-state index in [9.17, 15) is 4.79 Å².